The van der Waals surface area contributed by atoms with Gasteiger partial charge in [0.1, 0.15) is 5.82 Å². The van der Waals surface area contributed by atoms with Crippen molar-refractivity contribution in [3.63, 3.8) is 0 Å². The number of nitrogens with zero attached hydrogens (tertiary/aromatic N) is 3. The fourth-order valence-electron chi connectivity index (χ4n) is 3.13. The molecule has 2 heterocycles. The highest BCUT2D eigenvalue weighted by molar-refractivity contribution is 6.33. The topological polar surface area (TPSA) is 36.4 Å². The van der Waals surface area contributed by atoms with Crippen LogP contribution in [0.25, 0.3) is 0 Å². The number of halogens is 4. The van der Waals surface area contributed by atoms with Crippen LogP contribution in [0.3, 0.4) is 0 Å². The fraction of sp³-hybridized carbons (Fsp3) is 0.368. The largest absolute Gasteiger partial charge is 0.417 e. The molecule has 1 aromatic heterocycles. The van der Waals surface area contributed by atoms with E-state index in [0.717, 1.165) is 17.8 Å². The van der Waals surface area contributed by atoms with Crippen LogP contribution in [-0.4, -0.2) is 42.0 Å². The van der Waals surface area contributed by atoms with Gasteiger partial charge in [-0.05, 0) is 31.0 Å². The first-order valence-electron chi connectivity index (χ1n) is 8.60. The van der Waals surface area contributed by atoms with Gasteiger partial charge in [0.25, 0.3) is 5.91 Å². The van der Waals surface area contributed by atoms with Crippen LogP contribution in [-0.2, 0) is 6.18 Å². The molecule has 0 saturated carbocycles. The first-order chi connectivity index (χ1) is 12.8. The number of amides is 1. The minimum atomic E-state index is -4.48. The lowest BCUT2D eigenvalue weighted by Crippen LogP contribution is -2.35. The summed E-state index contributed by atoms with van der Waals surface area (Å²) in [5.41, 5.74) is 0.704. The number of hydrogen-bond donors (Lipinski definition) is 0. The number of benzene rings is 1. The van der Waals surface area contributed by atoms with E-state index in [2.05, 4.69) is 4.98 Å². The number of rotatable bonds is 2. The van der Waals surface area contributed by atoms with Gasteiger partial charge in [0.05, 0.1) is 10.6 Å². The van der Waals surface area contributed by atoms with E-state index >= 15 is 0 Å². The van der Waals surface area contributed by atoms with Gasteiger partial charge in [-0.1, -0.05) is 29.8 Å². The van der Waals surface area contributed by atoms with E-state index in [0.29, 0.717) is 44.0 Å². The van der Waals surface area contributed by atoms with Crippen molar-refractivity contribution in [3.05, 3.63) is 58.2 Å². The maximum Gasteiger partial charge on any atom is 0.417 e. The number of pyridine rings is 1. The molecule has 8 heteroatoms. The van der Waals surface area contributed by atoms with Crippen LogP contribution in [0.2, 0.25) is 5.02 Å². The Balaban J connectivity index is 1.74. The van der Waals surface area contributed by atoms with Crippen LogP contribution in [0.5, 0.6) is 0 Å². The Morgan fingerprint density at radius 3 is 2.56 bits per heavy atom. The molecular weight excluding hydrogens is 379 g/mol. The number of anilines is 1. The molecule has 144 valence electrons. The Kier molecular flexibility index (Phi) is 5.60. The van der Waals surface area contributed by atoms with E-state index in [4.69, 9.17) is 11.6 Å². The molecule has 2 aromatic rings. The van der Waals surface area contributed by atoms with Gasteiger partial charge in [0.2, 0.25) is 0 Å². The molecule has 4 nitrogen and oxygen atoms in total. The summed E-state index contributed by atoms with van der Waals surface area (Å²) in [6.07, 6.45) is -3.01. The maximum absolute atomic E-state index is 12.8. The SMILES string of the molecule is Cc1ccccc1C(=O)N1CCCN(c2ncc(C(F)(F)F)cc2Cl)CC1. The van der Waals surface area contributed by atoms with E-state index in [1.807, 2.05) is 30.0 Å². The van der Waals surface area contributed by atoms with Gasteiger partial charge >= 0.3 is 6.18 Å². The molecule has 1 aliphatic rings. The number of hydrogen-bond acceptors (Lipinski definition) is 3. The first kappa shape index (κ1) is 19.5. The molecular formula is C19H19ClF3N3O. The van der Waals surface area contributed by atoms with E-state index in [1.54, 1.807) is 11.0 Å². The predicted octanol–water partition coefficient (Wildman–Crippen LogP) is 4.41. The Morgan fingerprint density at radius 2 is 1.89 bits per heavy atom. The Bertz CT molecular complexity index is 841. The average Bonchev–Trinajstić information content (AvgIpc) is 2.87. The van der Waals surface area contributed by atoms with Crippen molar-refractivity contribution >= 4 is 23.3 Å². The van der Waals surface area contributed by atoms with E-state index < -0.39 is 11.7 Å². The number of carbonyl (C=O) groups is 1. The van der Waals surface area contributed by atoms with Crippen LogP contribution in [0.4, 0.5) is 19.0 Å². The summed E-state index contributed by atoms with van der Waals surface area (Å²) in [6, 6.07) is 8.30. The standard InChI is InChI=1S/C19H19ClF3N3O/c1-13-5-2-3-6-15(13)18(27)26-8-4-7-25(9-10-26)17-16(20)11-14(12-24-17)19(21,22)23/h2-3,5-6,11-12H,4,7-10H2,1H3. The Morgan fingerprint density at radius 1 is 1.15 bits per heavy atom. The maximum atomic E-state index is 12.8. The van der Waals surface area contributed by atoms with Gasteiger partial charge in [-0.2, -0.15) is 13.2 Å². The van der Waals surface area contributed by atoms with Crippen molar-refractivity contribution in [1.82, 2.24) is 9.88 Å². The van der Waals surface area contributed by atoms with Crippen LogP contribution in [0, 0.1) is 6.92 Å². The average molecular weight is 398 g/mol. The smallest absolute Gasteiger partial charge is 0.354 e. The molecule has 0 unspecified atom stereocenters. The van der Waals surface area contributed by atoms with Crippen molar-refractivity contribution in [2.24, 2.45) is 0 Å². The van der Waals surface area contributed by atoms with Crippen molar-refractivity contribution in [2.75, 3.05) is 31.1 Å². The highest BCUT2D eigenvalue weighted by Crippen LogP contribution is 2.33. The fourth-order valence-corrected chi connectivity index (χ4v) is 3.42. The van der Waals surface area contributed by atoms with Crippen LogP contribution in [0.15, 0.2) is 36.5 Å². The van der Waals surface area contributed by atoms with Crippen molar-refractivity contribution in [1.29, 1.82) is 0 Å². The zero-order chi connectivity index (χ0) is 19.6. The summed E-state index contributed by atoms with van der Waals surface area (Å²) < 4.78 is 38.4. The quantitative estimate of drug-likeness (QED) is 0.753. The molecule has 1 saturated heterocycles. The molecule has 0 aliphatic carbocycles. The molecule has 0 N–H and O–H groups in total. The molecule has 1 amide bonds. The second-order valence-electron chi connectivity index (χ2n) is 6.47. The predicted molar refractivity (Wildman–Crippen MR) is 98.2 cm³/mol. The lowest BCUT2D eigenvalue weighted by atomic mass is 10.1. The van der Waals surface area contributed by atoms with Gasteiger partial charge < -0.3 is 9.80 Å². The third kappa shape index (κ3) is 4.35. The molecule has 3 rings (SSSR count). The zero-order valence-corrected chi connectivity index (χ0v) is 15.5. The van der Waals surface area contributed by atoms with Crippen molar-refractivity contribution in [2.45, 2.75) is 19.5 Å². The molecule has 0 atom stereocenters. The van der Waals surface area contributed by atoms with Crippen LogP contribution in [0.1, 0.15) is 27.9 Å². The van der Waals surface area contributed by atoms with Crippen LogP contribution < -0.4 is 4.90 Å². The van der Waals surface area contributed by atoms with Crippen molar-refractivity contribution in [3.8, 4) is 0 Å². The minimum Gasteiger partial charge on any atom is -0.354 e. The van der Waals surface area contributed by atoms with Crippen molar-refractivity contribution < 1.29 is 18.0 Å². The third-order valence-corrected chi connectivity index (χ3v) is 4.89. The summed E-state index contributed by atoms with van der Waals surface area (Å²) in [7, 11) is 0. The molecule has 0 bridgehead atoms. The molecule has 1 aromatic carbocycles. The van der Waals surface area contributed by atoms with Gasteiger partial charge in [-0.3, -0.25) is 4.79 Å². The molecule has 0 radical (unpaired) electrons. The third-order valence-electron chi connectivity index (χ3n) is 4.61. The molecule has 1 aliphatic heterocycles. The molecule has 27 heavy (non-hydrogen) atoms. The lowest BCUT2D eigenvalue weighted by molar-refractivity contribution is -0.137. The van der Waals surface area contributed by atoms with Gasteiger partial charge in [0.15, 0.2) is 0 Å². The number of alkyl halides is 3. The summed E-state index contributed by atoms with van der Waals surface area (Å²) >= 11 is 6.05. The summed E-state index contributed by atoms with van der Waals surface area (Å²) in [4.78, 5) is 20.3. The van der Waals surface area contributed by atoms with E-state index in [-0.39, 0.29) is 10.9 Å². The zero-order valence-electron chi connectivity index (χ0n) is 14.8. The monoisotopic (exact) mass is 397 g/mol. The van der Waals surface area contributed by atoms with Gasteiger partial charge in [0, 0.05) is 37.9 Å². The first-order valence-corrected chi connectivity index (χ1v) is 8.98. The molecule has 1 fully saturated rings. The molecule has 0 spiro atoms. The Labute approximate surface area is 160 Å². The number of carbonyl (C=O) groups excluding carboxylic acids is 1. The second-order valence-corrected chi connectivity index (χ2v) is 6.88. The highest BCUT2D eigenvalue weighted by atomic mass is 35.5. The van der Waals surface area contributed by atoms with Crippen LogP contribution >= 0.6 is 11.6 Å². The normalized spacial score (nSPS) is 15.6. The summed E-state index contributed by atoms with van der Waals surface area (Å²) in [5.74, 6) is 0.274. The lowest BCUT2D eigenvalue weighted by Gasteiger charge is -2.24. The summed E-state index contributed by atoms with van der Waals surface area (Å²) in [5, 5.41) is -0.0384. The second kappa shape index (κ2) is 7.76. The van der Waals surface area contributed by atoms with Gasteiger partial charge in [-0.25, -0.2) is 4.98 Å². The summed E-state index contributed by atoms with van der Waals surface area (Å²) in [6.45, 7) is 3.93. The van der Waals surface area contributed by atoms with Gasteiger partial charge in [-0.15, -0.1) is 0 Å². The van der Waals surface area contributed by atoms with E-state index in [9.17, 15) is 18.0 Å². The highest BCUT2D eigenvalue weighted by Gasteiger charge is 2.32. The van der Waals surface area contributed by atoms with E-state index in [1.165, 1.54) is 0 Å². The minimum absolute atomic E-state index is 0.0384. The number of aromatic nitrogens is 1. The number of aryl methyl sites for hydroxylation is 1. The Hall–Kier alpha value is -2.28.